The molecule has 3 amide bonds. The second-order valence-electron chi connectivity index (χ2n) is 6.17. The summed E-state index contributed by atoms with van der Waals surface area (Å²) in [5, 5.41) is 5.46. The number of benzene rings is 1. The molecule has 1 aliphatic carbocycles. The maximum absolute atomic E-state index is 12.2. The van der Waals surface area contributed by atoms with Crippen molar-refractivity contribution in [2.24, 2.45) is 5.92 Å². The number of carbonyl (C=O) groups is 3. The van der Waals surface area contributed by atoms with E-state index in [9.17, 15) is 14.4 Å². The largest absolute Gasteiger partial charge is 0.352 e. The third-order valence-electron chi connectivity index (χ3n) is 4.23. The predicted octanol–water partition coefficient (Wildman–Crippen LogP) is 1.16. The van der Waals surface area contributed by atoms with Crippen LogP contribution < -0.4 is 15.5 Å². The Balaban J connectivity index is 1.55. The molecule has 2 N–H and O–H groups in total. The van der Waals surface area contributed by atoms with Crippen molar-refractivity contribution < 1.29 is 14.4 Å². The lowest BCUT2D eigenvalue weighted by Gasteiger charge is -2.17. The molecular weight excluding hydrogens is 326 g/mol. The summed E-state index contributed by atoms with van der Waals surface area (Å²) in [5.74, 6) is -0.877. The zero-order chi connectivity index (χ0) is 17.1. The second-order valence-corrected chi connectivity index (χ2v) is 7.05. The van der Waals surface area contributed by atoms with Gasteiger partial charge < -0.3 is 15.5 Å². The third-order valence-corrected chi connectivity index (χ3v) is 4.95. The number of carbonyl (C=O) groups excluding carboxylic acids is 3. The van der Waals surface area contributed by atoms with Gasteiger partial charge in [-0.1, -0.05) is 6.07 Å². The minimum absolute atomic E-state index is 0.0258. The topological polar surface area (TPSA) is 78.5 Å². The number of anilines is 1. The van der Waals surface area contributed by atoms with Crippen molar-refractivity contribution in [3.63, 3.8) is 0 Å². The molecule has 0 spiro atoms. The molecule has 1 aromatic carbocycles. The summed E-state index contributed by atoms with van der Waals surface area (Å²) in [5.41, 5.74) is 0.814. The van der Waals surface area contributed by atoms with E-state index in [1.807, 2.05) is 30.5 Å². The first kappa shape index (κ1) is 16.8. The van der Waals surface area contributed by atoms with Gasteiger partial charge in [-0.2, -0.15) is 0 Å². The average Bonchev–Trinajstić information content (AvgIpc) is 3.31. The molecule has 1 heterocycles. The first-order valence-corrected chi connectivity index (χ1v) is 9.31. The minimum Gasteiger partial charge on any atom is -0.352 e. The van der Waals surface area contributed by atoms with Gasteiger partial charge in [0.2, 0.25) is 17.7 Å². The summed E-state index contributed by atoms with van der Waals surface area (Å²) in [4.78, 5) is 38.8. The summed E-state index contributed by atoms with van der Waals surface area (Å²) < 4.78 is 0. The first-order valence-electron chi connectivity index (χ1n) is 8.08. The van der Waals surface area contributed by atoms with Crippen molar-refractivity contribution in [2.75, 3.05) is 24.2 Å². The highest BCUT2D eigenvalue weighted by atomic mass is 32.2. The Labute approximate surface area is 145 Å². The highest BCUT2D eigenvalue weighted by Gasteiger charge is 2.35. The molecule has 0 bridgehead atoms. The second kappa shape index (κ2) is 7.25. The Morgan fingerprint density at radius 1 is 1.33 bits per heavy atom. The summed E-state index contributed by atoms with van der Waals surface area (Å²) in [6.45, 7) is 0.328. The van der Waals surface area contributed by atoms with Crippen LogP contribution in [0.1, 0.15) is 19.3 Å². The van der Waals surface area contributed by atoms with E-state index in [0.717, 1.165) is 23.4 Å². The lowest BCUT2D eigenvalue weighted by Crippen LogP contribution is -2.40. The molecule has 0 aromatic heterocycles. The van der Waals surface area contributed by atoms with Crippen LogP contribution in [0.3, 0.4) is 0 Å². The van der Waals surface area contributed by atoms with Crippen LogP contribution in [0.5, 0.6) is 0 Å². The zero-order valence-corrected chi connectivity index (χ0v) is 14.4. The molecule has 24 heavy (non-hydrogen) atoms. The Morgan fingerprint density at radius 2 is 2.12 bits per heavy atom. The molecule has 3 rings (SSSR count). The van der Waals surface area contributed by atoms with Gasteiger partial charge in [-0.3, -0.25) is 14.4 Å². The quantitative estimate of drug-likeness (QED) is 0.757. The van der Waals surface area contributed by atoms with Crippen LogP contribution in [-0.2, 0) is 14.4 Å². The van der Waals surface area contributed by atoms with Crippen molar-refractivity contribution in [3.05, 3.63) is 24.3 Å². The molecule has 0 unspecified atom stereocenters. The fourth-order valence-electron chi connectivity index (χ4n) is 2.73. The van der Waals surface area contributed by atoms with Crippen LogP contribution in [0.25, 0.3) is 0 Å². The first-order chi connectivity index (χ1) is 11.6. The fourth-order valence-corrected chi connectivity index (χ4v) is 3.18. The van der Waals surface area contributed by atoms with Crippen LogP contribution in [0, 0.1) is 5.92 Å². The van der Waals surface area contributed by atoms with E-state index in [1.54, 1.807) is 16.7 Å². The van der Waals surface area contributed by atoms with Gasteiger partial charge >= 0.3 is 0 Å². The highest BCUT2D eigenvalue weighted by Crippen LogP contribution is 2.28. The van der Waals surface area contributed by atoms with Crippen LogP contribution in [0.15, 0.2) is 29.2 Å². The molecule has 1 saturated carbocycles. The molecule has 6 nitrogen and oxygen atoms in total. The normalized spacial score (nSPS) is 20.1. The highest BCUT2D eigenvalue weighted by molar-refractivity contribution is 7.98. The SMILES string of the molecule is CSc1cccc(N2C[C@@H](C(=O)NCC(=O)NC3CC3)CC2=O)c1. The van der Waals surface area contributed by atoms with E-state index in [2.05, 4.69) is 10.6 Å². The van der Waals surface area contributed by atoms with Crippen LogP contribution in [0.2, 0.25) is 0 Å². The van der Waals surface area contributed by atoms with E-state index in [1.165, 1.54) is 0 Å². The summed E-state index contributed by atoms with van der Waals surface area (Å²) in [7, 11) is 0. The van der Waals surface area contributed by atoms with Crippen LogP contribution in [-0.4, -0.2) is 43.1 Å². The Kier molecular flexibility index (Phi) is 5.08. The lowest BCUT2D eigenvalue weighted by molar-refractivity contribution is -0.129. The van der Waals surface area contributed by atoms with Crippen molar-refractivity contribution in [1.29, 1.82) is 0 Å². The summed E-state index contributed by atoms with van der Waals surface area (Å²) in [6.07, 6.45) is 4.19. The molecule has 2 fully saturated rings. The number of nitrogens with zero attached hydrogens (tertiary/aromatic N) is 1. The number of rotatable bonds is 6. The molecule has 1 aromatic rings. The Bertz CT molecular complexity index is 660. The van der Waals surface area contributed by atoms with Crippen molar-refractivity contribution >= 4 is 35.2 Å². The van der Waals surface area contributed by atoms with Crippen LogP contribution in [0.4, 0.5) is 5.69 Å². The van der Waals surface area contributed by atoms with E-state index in [4.69, 9.17) is 0 Å². The van der Waals surface area contributed by atoms with Gasteiger partial charge in [-0.15, -0.1) is 11.8 Å². The van der Waals surface area contributed by atoms with E-state index in [0.29, 0.717) is 6.54 Å². The van der Waals surface area contributed by atoms with Crippen molar-refractivity contribution in [1.82, 2.24) is 10.6 Å². The zero-order valence-electron chi connectivity index (χ0n) is 13.6. The standard InChI is InChI=1S/C17H21N3O3S/c1-24-14-4-2-3-13(8-14)20-10-11(7-16(20)22)17(23)18-9-15(21)19-12-5-6-12/h2-4,8,11-12H,5-7,9-10H2,1H3,(H,18,23)(H,19,21)/t11-/m0/s1. The monoisotopic (exact) mass is 347 g/mol. The molecular formula is C17H21N3O3S. The summed E-state index contributed by atoms with van der Waals surface area (Å²) in [6, 6.07) is 8.00. The molecule has 0 radical (unpaired) electrons. The molecule has 7 heteroatoms. The number of amides is 3. The van der Waals surface area contributed by atoms with Gasteiger partial charge in [-0.25, -0.2) is 0 Å². The smallest absolute Gasteiger partial charge is 0.239 e. The molecule has 1 saturated heterocycles. The number of hydrogen-bond donors (Lipinski definition) is 2. The molecule has 1 atom stereocenters. The summed E-state index contributed by atoms with van der Waals surface area (Å²) >= 11 is 1.61. The third kappa shape index (κ3) is 4.08. The van der Waals surface area contributed by atoms with Gasteiger partial charge in [0.1, 0.15) is 0 Å². The number of nitrogens with one attached hydrogen (secondary N) is 2. The number of hydrogen-bond acceptors (Lipinski definition) is 4. The minimum atomic E-state index is -0.413. The maximum Gasteiger partial charge on any atom is 0.239 e. The average molecular weight is 347 g/mol. The van der Waals surface area contributed by atoms with E-state index >= 15 is 0 Å². The van der Waals surface area contributed by atoms with E-state index < -0.39 is 5.92 Å². The Hall–Kier alpha value is -2.02. The number of thioether (sulfide) groups is 1. The van der Waals surface area contributed by atoms with Crippen LogP contribution >= 0.6 is 11.8 Å². The molecule has 1 aliphatic heterocycles. The van der Waals surface area contributed by atoms with Gasteiger partial charge in [0.25, 0.3) is 0 Å². The van der Waals surface area contributed by atoms with Gasteiger partial charge in [0, 0.05) is 29.6 Å². The Morgan fingerprint density at radius 3 is 2.83 bits per heavy atom. The van der Waals surface area contributed by atoms with Gasteiger partial charge in [0.05, 0.1) is 12.5 Å². The van der Waals surface area contributed by atoms with Crippen molar-refractivity contribution in [3.8, 4) is 0 Å². The van der Waals surface area contributed by atoms with Gasteiger partial charge in [-0.05, 0) is 37.3 Å². The molecule has 2 aliphatic rings. The van der Waals surface area contributed by atoms with Gasteiger partial charge in [0.15, 0.2) is 0 Å². The lowest BCUT2D eigenvalue weighted by atomic mass is 10.1. The predicted molar refractivity (Wildman–Crippen MR) is 92.9 cm³/mol. The van der Waals surface area contributed by atoms with Crippen molar-refractivity contribution in [2.45, 2.75) is 30.2 Å². The fraction of sp³-hybridized carbons (Fsp3) is 0.471. The molecule has 128 valence electrons. The van der Waals surface area contributed by atoms with E-state index in [-0.39, 0.29) is 36.7 Å². The maximum atomic E-state index is 12.2.